The van der Waals surface area contributed by atoms with Crippen molar-refractivity contribution in [3.05, 3.63) is 63.6 Å². The summed E-state index contributed by atoms with van der Waals surface area (Å²) in [5.41, 5.74) is 2.19. The van der Waals surface area contributed by atoms with Crippen LogP contribution in [0.2, 0.25) is 0 Å². The maximum atomic E-state index is 5.78. The van der Waals surface area contributed by atoms with Gasteiger partial charge in [0.05, 0.1) is 0 Å². The lowest BCUT2D eigenvalue weighted by Gasteiger charge is -2.03. The smallest absolute Gasteiger partial charge is 0.235 e. The molecule has 2 aromatic carbocycles. The SMILES string of the molecule is Cc1cccc(-c2nnc3sc(COc4ccc(Br)cc4)nn23)c1. The van der Waals surface area contributed by atoms with Gasteiger partial charge in [-0.25, -0.2) is 0 Å². The van der Waals surface area contributed by atoms with E-state index in [4.69, 9.17) is 4.74 Å². The number of nitrogens with zero attached hydrogens (tertiary/aromatic N) is 4. The van der Waals surface area contributed by atoms with Crippen molar-refractivity contribution in [1.29, 1.82) is 0 Å². The number of ether oxygens (including phenoxy) is 1. The van der Waals surface area contributed by atoms with Crippen molar-refractivity contribution >= 4 is 32.2 Å². The summed E-state index contributed by atoms with van der Waals surface area (Å²) in [6, 6.07) is 15.9. The summed E-state index contributed by atoms with van der Waals surface area (Å²) in [6.45, 7) is 2.46. The predicted molar refractivity (Wildman–Crippen MR) is 97.3 cm³/mol. The summed E-state index contributed by atoms with van der Waals surface area (Å²) in [6.07, 6.45) is 0. The zero-order chi connectivity index (χ0) is 16.5. The Balaban J connectivity index is 1.59. The second kappa shape index (κ2) is 6.33. The Bertz CT molecular complexity index is 993. The third kappa shape index (κ3) is 3.05. The molecule has 0 radical (unpaired) electrons. The molecule has 0 aliphatic rings. The van der Waals surface area contributed by atoms with Gasteiger partial charge in [0, 0.05) is 10.0 Å². The number of aryl methyl sites for hydroxylation is 1. The molecule has 120 valence electrons. The standard InChI is InChI=1S/C17H13BrN4OS/c1-11-3-2-4-12(9-11)16-19-20-17-22(16)21-15(24-17)10-23-14-7-5-13(18)6-8-14/h2-9H,10H2,1H3. The quantitative estimate of drug-likeness (QED) is 0.505. The van der Waals surface area contributed by atoms with Gasteiger partial charge in [-0.3, -0.25) is 0 Å². The molecule has 0 aliphatic carbocycles. The molecule has 2 heterocycles. The van der Waals surface area contributed by atoms with Crippen LogP contribution in [0, 0.1) is 6.92 Å². The van der Waals surface area contributed by atoms with Gasteiger partial charge in [-0.05, 0) is 37.3 Å². The molecule has 7 heteroatoms. The van der Waals surface area contributed by atoms with Gasteiger partial charge < -0.3 is 4.74 Å². The average Bonchev–Trinajstić information content (AvgIpc) is 3.14. The van der Waals surface area contributed by atoms with Crippen molar-refractivity contribution in [3.8, 4) is 17.1 Å². The van der Waals surface area contributed by atoms with Crippen LogP contribution < -0.4 is 4.74 Å². The Morgan fingerprint density at radius 2 is 1.96 bits per heavy atom. The molecule has 0 aliphatic heterocycles. The van der Waals surface area contributed by atoms with Crippen LogP contribution in [0.15, 0.2) is 53.0 Å². The number of rotatable bonds is 4. The average molecular weight is 401 g/mol. The molecule has 0 fully saturated rings. The van der Waals surface area contributed by atoms with E-state index in [1.807, 2.05) is 36.4 Å². The molecular weight excluding hydrogens is 388 g/mol. The number of hydrogen-bond donors (Lipinski definition) is 0. The number of halogens is 1. The minimum atomic E-state index is 0.406. The van der Waals surface area contributed by atoms with E-state index in [2.05, 4.69) is 50.3 Å². The van der Waals surface area contributed by atoms with Crippen LogP contribution >= 0.6 is 27.3 Å². The molecule has 4 rings (SSSR count). The summed E-state index contributed by atoms with van der Waals surface area (Å²) in [4.78, 5) is 0.765. The lowest BCUT2D eigenvalue weighted by atomic mass is 10.1. The monoisotopic (exact) mass is 400 g/mol. The highest BCUT2D eigenvalue weighted by Gasteiger charge is 2.13. The molecule has 0 saturated carbocycles. The van der Waals surface area contributed by atoms with Crippen molar-refractivity contribution < 1.29 is 4.74 Å². The summed E-state index contributed by atoms with van der Waals surface area (Å²) in [5, 5.41) is 13.9. The second-order valence-corrected chi connectivity index (χ2v) is 7.28. The zero-order valence-corrected chi connectivity index (χ0v) is 15.2. The lowest BCUT2D eigenvalue weighted by molar-refractivity contribution is 0.304. The van der Waals surface area contributed by atoms with Crippen LogP contribution in [-0.4, -0.2) is 19.8 Å². The van der Waals surface area contributed by atoms with Crippen LogP contribution in [0.1, 0.15) is 10.6 Å². The summed E-state index contributed by atoms with van der Waals surface area (Å²) >= 11 is 4.89. The minimum Gasteiger partial charge on any atom is -0.486 e. The molecule has 2 aromatic heterocycles. The highest BCUT2D eigenvalue weighted by molar-refractivity contribution is 9.10. The Morgan fingerprint density at radius 1 is 1.12 bits per heavy atom. The van der Waals surface area contributed by atoms with Crippen LogP contribution in [0.3, 0.4) is 0 Å². The Kier molecular flexibility index (Phi) is 4.03. The fourth-order valence-corrected chi connectivity index (χ4v) is 3.37. The van der Waals surface area contributed by atoms with E-state index >= 15 is 0 Å². The van der Waals surface area contributed by atoms with Gasteiger partial charge in [-0.2, -0.15) is 9.61 Å². The van der Waals surface area contributed by atoms with E-state index in [0.717, 1.165) is 31.6 Å². The molecule has 4 aromatic rings. The number of aromatic nitrogens is 4. The van der Waals surface area contributed by atoms with Crippen LogP contribution in [0.4, 0.5) is 0 Å². The number of hydrogen-bond acceptors (Lipinski definition) is 5. The van der Waals surface area contributed by atoms with Gasteiger partial charge in [0.15, 0.2) is 10.8 Å². The fourth-order valence-electron chi connectivity index (χ4n) is 2.35. The van der Waals surface area contributed by atoms with Crippen molar-refractivity contribution in [3.63, 3.8) is 0 Å². The highest BCUT2D eigenvalue weighted by atomic mass is 79.9. The topological polar surface area (TPSA) is 52.3 Å². The maximum absolute atomic E-state index is 5.78. The van der Waals surface area contributed by atoms with Gasteiger partial charge in [0.25, 0.3) is 0 Å². The van der Waals surface area contributed by atoms with Gasteiger partial charge in [0.1, 0.15) is 12.4 Å². The predicted octanol–water partition coefficient (Wildman–Crippen LogP) is 4.50. The number of benzene rings is 2. The first-order valence-electron chi connectivity index (χ1n) is 7.35. The number of fused-ring (bicyclic) bond motifs is 1. The van der Waals surface area contributed by atoms with E-state index in [9.17, 15) is 0 Å². The largest absolute Gasteiger partial charge is 0.486 e. The van der Waals surface area contributed by atoms with Crippen molar-refractivity contribution in [2.24, 2.45) is 0 Å². The molecule has 24 heavy (non-hydrogen) atoms. The molecule has 0 saturated heterocycles. The summed E-state index contributed by atoms with van der Waals surface area (Å²) in [5.74, 6) is 1.56. The summed E-state index contributed by atoms with van der Waals surface area (Å²) < 4.78 is 8.58. The van der Waals surface area contributed by atoms with E-state index in [0.29, 0.717) is 6.61 Å². The summed E-state index contributed by atoms with van der Waals surface area (Å²) in [7, 11) is 0. The van der Waals surface area contributed by atoms with Gasteiger partial charge in [0.2, 0.25) is 4.96 Å². The third-order valence-electron chi connectivity index (χ3n) is 3.48. The fraction of sp³-hybridized carbons (Fsp3) is 0.118. The second-order valence-electron chi connectivity index (χ2n) is 5.33. The molecule has 0 unspecified atom stereocenters. The zero-order valence-electron chi connectivity index (χ0n) is 12.8. The highest BCUT2D eigenvalue weighted by Crippen LogP contribution is 2.23. The molecule has 0 N–H and O–H groups in total. The third-order valence-corrected chi connectivity index (χ3v) is 4.89. The van der Waals surface area contributed by atoms with E-state index in [1.165, 1.54) is 16.9 Å². The van der Waals surface area contributed by atoms with Crippen LogP contribution in [-0.2, 0) is 6.61 Å². The normalized spacial score (nSPS) is 11.1. The first-order valence-corrected chi connectivity index (χ1v) is 8.96. The first-order chi connectivity index (χ1) is 11.7. The molecule has 0 bridgehead atoms. The first kappa shape index (κ1) is 15.3. The van der Waals surface area contributed by atoms with E-state index < -0.39 is 0 Å². The molecule has 0 spiro atoms. The van der Waals surface area contributed by atoms with E-state index in [-0.39, 0.29) is 0 Å². The van der Waals surface area contributed by atoms with Crippen molar-refractivity contribution in [1.82, 2.24) is 19.8 Å². The van der Waals surface area contributed by atoms with Gasteiger partial charge in [-0.15, -0.1) is 10.2 Å². The Hall–Kier alpha value is -2.25. The minimum absolute atomic E-state index is 0.406. The van der Waals surface area contributed by atoms with Crippen LogP contribution in [0.5, 0.6) is 5.75 Å². The lowest BCUT2D eigenvalue weighted by Crippen LogP contribution is -1.97. The van der Waals surface area contributed by atoms with Crippen molar-refractivity contribution in [2.45, 2.75) is 13.5 Å². The molecule has 0 amide bonds. The van der Waals surface area contributed by atoms with E-state index in [1.54, 1.807) is 4.52 Å². The molecular formula is C17H13BrN4OS. The maximum Gasteiger partial charge on any atom is 0.235 e. The van der Waals surface area contributed by atoms with Gasteiger partial charge in [-0.1, -0.05) is 51.0 Å². The Labute approximate surface area is 151 Å². The Morgan fingerprint density at radius 3 is 2.75 bits per heavy atom. The van der Waals surface area contributed by atoms with Crippen molar-refractivity contribution in [2.75, 3.05) is 0 Å². The van der Waals surface area contributed by atoms with Gasteiger partial charge >= 0.3 is 0 Å². The van der Waals surface area contributed by atoms with Crippen LogP contribution in [0.25, 0.3) is 16.3 Å². The molecule has 5 nitrogen and oxygen atoms in total. The molecule has 0 atom stereocenters.